The zero-order valence-electron chi connectivity index (χ0n) is 11.5. The highest BCUT2D eigenvalue weighted by Gasteiger charge is 2.69. The maximum Gasteiger partial charge on any atom is 0.0781 e. The van der Waals surface area contributed by atoms with Crippen molar-refractivity contribution in [3.05, 3.63) is 35.9 Å². The summed E-state index contributed by atoms with van der Waals surface area (Å²) in [6, 6.07) is 10.7. The van der Waals surface area contributed by atoms with Gasteiger partial charge in [0.05, 0.1) is 5.60 Å². The lowest BCUT2D eigenvalue weighted by atomic mass is 9.77. The summed E-state index contributed by atoms with van der Waals surface area (Å²) in [5, 5.41) is 11.1. The van der Waals surface area contributed by atoms with Gasteiger partial charge in [-0.25, -0.2) is 0 Å². The number of aliphatic hydroxyl groups is 1. The highest BCUT2D eigenvalue weighted by molar-refractivity contribution is 5.31. The Morgan fingerprint density at radius 1 is 1.22 bits per heavy atom. The van der Waals surface area contributed by atoms with E-state index in [0.29, 0.717) is 23.7 Å². The summed E-state index contributed by atoms with van der Waals surface area (Å²) in [5.74, 6) is 2.05. The van der Waals surface area contributed by atoms with Crippen LogP contribution >= 0.6 is 0 Å². The molecule has 98 valence electrons. The number of hydrogen-bond donors (Lipinski definition) is 1. The third-order valence-corrected chi connectivity index (χ3v) is 5.46. The minimum absolute atomic E-state index is 0.332. The van der Waals surface area contributed by atoms with Crippen molar-refractivity contribution < 1.29 is 5.11 Å². The van der Waals surface area contributed by atoms with Crippen LogP contribution in [-0.4, -0.2) is 10.7 Å². The van der Waals surface area contributed by atoms with Crippen molar-refractivity contribution in [2.45, 2.75) is 51.0 Å². The zero-order chi connectivity index (χ0) is 12.8. The minimum Gasteiger partial charge on any atom is -0.389 e. The number of rotatable bonds is 4. The lowest BCUT2D eigenvalue weighted by molar-refractivity contribution is 0.0546. The molecule has 18 heavy (non-hydrogen) atoms. The molecule has 1 heteroatoms. The predicted octanol–water partition coefficient (Wildman–Crippen LogP) is 3.98. The van der Waals surface area contributed by atoms with Crippen LogP contribution in [0, 0.1) is 17.8 Å². The topological polar surface area (TPSA) is 20.2 Å². The fraction of sp³-hybridized carbons (Fsp3) is 0.647. The SMILES string of the molecule is CCC(C)C(c1ccccc1)C1(O)C2CCCC21. The normalized spacial score (nSPS) is 37.1. The maximum atomic E-state index is 11.1. The Bertz CT molecular complexity index is 401. The van der Waals surface area contributed by atoms with E-state index in [1.807, 2.05) is 0 Å². The van der Waals surface area contributed by atoms with Gasteiger partial charge in [0.25, 0.3) is 0 Å². The minimum atomic E-state index is -0.394. The molecule has 4 unspecified atom stereocenters. The Balaban J connectivity index is 1.92. The molecule has 1 N–H and O–H groups in total. The van der Waals surface area contributed by atoms with Gasteiger partial charge in [-0.05, 0) is 36.2 Å². The van der Waals surface area contributed by atoms with E-state index in [2.05, 4.69) is 44.2 Å². The molecule has 1 aromatic rings. The summed E-state index contributed by atoms with van der Waals surface area (Å²) in [7, 11) is 0. The molecule has 0 aliphatic heterocycles. The number of fused-ring (bicyclic) bond motifs is 1. The molecule has 0 heterocycles. The second-order valence-electron chi connectivity index (χ2n) is 6.31. The van der Waals surface area contributed by atoms with Crippen molar-refractivity contribution in [2.75, 3.05) is 0 Å². The van der Waals surface area contributed by atoms with Crippen LogP contribution in [0.15, 0.2) is 30.3 Å². The van der Waals surface area contributed by atoms with E-state index < -0.39 is 5.60 Å². The smallest absolute Gasteiger partial charge is 0.0781 e. The number of hydrogen-bond acceptors (Lipinski definition) is 1. The Labute approximate surface area is 110 Å². The second kappa shape index (κ2) is 4.38. The first-order valence-corrected chi connectivity index (χ1v) is 7.46. The number of benzene rings is 1. The summed E-state index contributed by atoms with van der Waals surface area (Å²) < 4.78 is 0. The van der Waals surface area contributed by atoms with E-state index in [1.165, 1.54) is 24.8 Å². The van der Waals surface area contributed by atoms with Gasteiger partial charge in [-0.1, -0.05) is 57.0 Å². The van der Waals surface area contributed by atoms with Crippen LogP contribution in [0.4, 0.5) is 0 Å². The molecule has 2 fully saturated rings. The average Bonchev–Trinajstić information content (AvgIpc) is 2.82. The second-order valence-corrected chi connectivity index (χ2v) is 6.31. The van der Waals surface area contributed by atoms with Crippen molar-refractivity contribution in [3.8, 4) is 0 Å². The third kappa shape index (κ3) is 1.64. The highest BCUT2D eigenvalue weighted by atomic mass is 16.3. The van der Waals surface area contributed by atoms with Gasteiger partial charge in [0.1, 0.15) is 0 Å². The first kappa shape index (κ1) is 12.2. The Morgan fingerprint density at radius 3 is 2.39 bits per heavy atom. The van der Waals surface area contributed by atoms with Crippen molar-refractivity contribution >= 4 is 0 Å². The molecule has 0 amide bonds. The maximum absolute atomic E-state index is 11.1. The highest BCUT2D eigenvalue weighted by Crippen LogP contribution is 2.67. The lowest BCUT2D eigenvalue weighted by Crippen LogP contribution is -2.30. The van der Waals surface area contributed by atoms with Crippen LogP contribution in [-0.2, 0) is 0 Å². The molecule has 0 radical (unpaired) electrons. The van der Waals surface area contributed by atoms with E-state index in [9.17, 15) is 5.11 Å². The zero-order valence-corrected chi connectivity index (χ0v) is 11.5. The first-order valence-electron chi connectivity index (χ1n) is 7.46. The molecule has 2 aliphatic carbocycles. The molecule has 2 saturated carbocycles. The molecule has 1 aromatic carbocycles. The fourth-order valence-corrected chi connectivity index (χ4v) is 4.38. The predicted molar refractivity (Wildman–Crippen MR) is 74.4 cm³/mol. The molecule has 0 aromatic heterocycles. The standard InChI is InChI=1S/C17H24O/c1-3-12(2)16(13-8-5-4-6-9-13)17(18)14-10-7-11-15(14)17/h4-6,8-9,12,14-16,18H,3,7,10-11H2,1-2H3. The van der Waals surface area contributed by atoms with Crippen molar-refractivity contribution in [3.63, 3.8) is 0 Å². The molecular weight excluding hydrogens is 220 g/mol. The van der Waals surface area contributed by atoms with Gasteiger partial charge in [0, 0.05) is 5.92 Å². The van der Waals surface area contributed by atoms with Gasteiger partial charge < -0.3 is 5.11 Å². The summed E-state index contributed by atoms with van der Waals surface area (Å²) >= 11 is 0. The van der Waals surface area contributed by atoms with Crippen LogP contribution < -0.4 is 0 Å². The molecule has 1 nitrogen and oxygen atoms in total. The van der Waals surface area contributed by atoms with E-state index in [-0.39, 0.29) is 0 Å². The van der Waals surface area contributed by atoms with E-state index in [1.54, 1.807) is 0 Å². The van der Waals surface area contributed by atoms with Crippen molar-refractivity contribution in [1.82, 2.24) is 0 Å². The summed E-state index contributed by atoms with van der Waals surface area (Å²) in [6.07, 6.45) is 4.93. The summed E-state index contributed by atoms with van der Waals surface area (Å²) in [4.78, 5) is 0. The molecule has 0 spiro atoms. The fourth-order valence-electron chi connectivity index (χ4n) is 4.38. The van der Waals surface area contributed by atoms with Crippen LogP contribution in [0.2, 0.25) is 0 Å². The van der Waals surface area contributed by atoms with E-state index >= 15 is 0 Å². The van der Waals surface area contributed by atoms with Gasteiger partial charge in [0.2, 0.25) is 0 Å². The molecule has 3 rings (SSSR count). The van der Waals surface area contributed by atoms with Crippen LogP contribution in [0.5, 0.6) is 0 Å². The van der Waals surface area contributed by atoms with Gasteiger partial charge in [0.15, 0.2) is 0 Å². The molecular formula is C17H24O. The molecule has 4 atom stereocenters. The lowest BCUT2D eigenvalue weighted by Gasteiger charge is -2.31. The van der Waals surface area contributed by atoms with Gasteiger partial charge in [-0.2, -0.15) is 0 Å². The molecule has 0 saturated heterocycles. The van der Waals surface area contributed by atoms with Gasteiger partial charge in [-0.3, -0.25) is 0 Å². The van der Waals surface area contributed by atoms with E-state index in [4.69, 9.17) is 0 Å². The average molecular weight is 244 g/mol. The Kier molecular flexibility index (Phi) is 2.97. The van der Waals surface area contributed by atoms with Crippen molar-refractivity contribution in [2.24, 2.45) is 17.8 Å². The van der Waals surface area contributed by atoms with Crippen LogP contribution in [0.3, 0.4) is 0 Å². The van der Waals surface area contributed by atoms with Gasteiger partial charge >= 0.3 is 0 Å². The Morgan fingerprint density at radius 2 is 1.83 bits per heavy atom. The van der Waals surface area contributed by atoms with Crippen molar-refractivity contribution in [1.29, 1.82) is 0 Å². The third-order valence-electron chi connectivity index (χ3n) is 5.46. The largest absolute Gasteiger partial charge is 0.389 e. The van der Waals surface area contributed by atoms with Gasteiger partial charge in [-0.15, -0.1) is 0 Å². The van der Waals surface area contributed by atoms with Crippen LogP contribution in [0.1, 0.15) is 51.0 Å². The summed E-state index contributed by atoms with van der Waals surface area (Å²) in [6.45, 7) is 4.53. The quantitative estimate of drug-likeness (QED) is 0.849. The Hall–Kier alpha value is -0.820. The monoisotopic (exact) mass is 244 g/mol. The van der Waals surface area contributed by atoms with Crippen LogP contribution in [0.25, 0.3) is 0 Å². The summed E-state index contributed by atoms with van der Waals surface area (Å²) in [5.41, 5.74) is 0.943. The molecule has 2 aliphatic rings. The first-order chi connectivity index (χ1) is 8.69. The molecule has 0 bridgehead atoms. The van der Waals surface area contributed by atoms with E-state index in [0.717, 1.165) is 6.42 Å².